The maximum atomic E-state index is 12.0. The molecule has 1 atom stereocenters. The first-order valence-corrected chi connectivity index (χ1v) is 7.45. The van der Waals surface area contributed by atoms with Gasteiger partial charge in [0.1, 0.15) is 0 Å². The summed E-state index contributed by atoms with van der Waals surface area (Å²) in [6.07, 6.45) is 1.99. The number of anilines is 2. The Labute approximate surface area is 124 Å². The van der Waals surface area contributed by atoms with Crippen LogP contribution in [0.4, 0.5) is 11.5 Å². The maximum absolute atomic E-state index is 12.0. The van der Waals surface area contributed by atoms with Gasteiger partial charge in [-0.2, -0.15) is 0 Å². The third-order valence-corrected chi connectivity index (χ3v) is 4.76. The molecule has 7 heteroatoms. The number of nitrogen functional groups attached to an aromatic ring is 1. The molecule has 19 heavy (non-hydrogen) atoms. The summed E-state index contributed by atoms with van der Waals surface area (Å²) in [5.74, 6) is 0.442. The van der Waals surface area contributed by atoms with Gasteiger partial charge in [0.15, 0.2) is 10.9 Å². The topological polar surface area (TPSA) is 76.3 Å². The number of aromatic nitrogens is 1. The highest BCUT2D eigenvalue weighted by Crippen LogP contribution is 2.33. The molecule has 0 radical (unpaired) electrons. The minimum Gasteiger partial charge on any atom is -0.395 e. The third-order valence-electron chi connectivity index (χ3n) is 2.98. The van der Waals surface area contributed by atoms with Gasteiger partial charge in [-0.05, 0) is 28.4 Å². The lowest BCUT2D eigenvalue weighted by Gasteiger charge is -2.18. The molecular formula is C12H14BrN3O2S. The summed E-state index contributed by atoms with van der Waals surface area (Å²) in [5, 5.41) is 0.00252. The second-order valence-corrected chi connectivity index (χ2v) is 6.74. The Morgan fingerprint density at radius 3 is 2.95 bits per heavy atom. The fourth-order valence-corrected chi connectivity index (χ4v) is 3.22. The molecule has 2 rings (SSSR count). The number of amides is 1. The number of rotatable bonds is 2. The van der Waals surface area contributed by atoms with E-state index in [-0.39, 0.29) is 16.3 Å². The Hall–Kier alpha value is -1.08. The van der Waals surface area contributed by atoms with Gasteiger partial charge < -0.3 is 5.73 Å². The first kappa shape index (κ1) is 14.3. The normalized spacial score (nSPS) is 19.0. The molecule has 1 amide bonds. The summed E-state index contributed by atoms with van der Waals surface area (Å²) < 4.78 is 0.815. The van der Waals surface area contributed by atoms with Gasteiger partial charge in [-0.3, -0.25) is 14.5 Å². The zero-order chi connectivity index (χ0) is 14.2. The number of thioether (sulfide) groups is 1. The molecule has 1 aromatic heterocycles. The van der Waals surface area contributed by atoms with Crippen LogP contribution < -0.4 is 10.6 Å². The number of hydrogen-bond donors (Lipinski definition) is 1. The van der Waals surface area contributed by atoms with Crippen LogP contribution in [0.5, 0.6) is 0 Å². The van der Waals surface area contributed by atoms with Gasteiger partial charge in [-0.15, -0.1) is 0 Å². The van der Waals surface area contributed by atoms with E-state index in [9.17, 15) is 9.59 Å². The van der Waals surface area contributed by atoms with Crippen LogP contribution in [0.2, 0.25) is 0 Å². The van der Waals surface area contributed by atoms with Crippen LogP contribution in [0.3, 0.4) is 0 Å². The van der Waals surface area contributed by atoms with E-state index in [0.29, 0.717) is 24.5 Å². The van der Waals surface area contributed by atoms with Crippen molar-refractivity contribution < 1.29 is 9.59 Å². The summed E-state index contributed by atoms with van der Waals surface area (Å²) in [4.78, 5) is 28.9. The second-order valence-electron chi connectivity index (χ2n) is 4.41. The summed E-state index contributed by atoms with van der Waals surface area (Å²) in [7, 11) is 0. The van der Waals surface area contributed by atoms with E-state index >= 15 is 0 Å². The predicted molar refractivity (Wildman–Crippen MR) is 80.1 cm³/mol. The Morgan fingerprint density at radius 2 is 2.32 bits per heavy atom. The van der Waals surface area contributed by atoms with Gasteiger partial charge in [0.05, 0.1) is 5.69 Å². The lowest BCUT2D eigenvalue weighted by atomic mass is 10.2. The molecule has 5 nitrogen and oxygen atoms in total. The summed E-state index contributed by atoms with van der Waals surface area (Å²) in [6.45, 7) is 3.85. The van der Waals surface area contributed by atoms with E-state index < -0.39 is 0 Å². The summed E-state index contributed by atoms with van der Waals surface area (Å²) in [5.41, 5.74) is 7.37. The van der Waals surface area contributed by atoms with Crippen molar-refractivity contribution in [1.29, 1.82) is 0 Å². The molecule has 1 saturated heterocycles. The molecule has 102 valence electrons. The molecule has 1 aromatic rings. The quantitative estimate of drug-likeness (QED) is 0.889. The van der Waals surface area contributed by atoms with Crippen molar-refractivity contribution in [3.63, 3.8) is 0 Å². The number of carbonyl (C=O) groups is 2. The number of nitrogens with zero attached hydrogens (tertiary/aromatic N) is 2. The number of nitrogens with two attached hydrogens (primary N) is 1. The van der Waals surface area contributed by atoms with Crippen molar-refractivity contribution in [2.75, 3.05) is 17.2 Å². The SMILES string of the molecule is CC(=O)SC1CC(=O)N(c2ncc(Br)c(C)c2N)C1. The van der Waals surface area contributed by atoms with Gasteiger partial charge in [-0.1, -0.05) is 11.8 Å². The highest BCUT2D eigenvalue weighted by atomic mass is 79.9. The number of hydrogen-bond acceptors (Lipinski definition) is 5. The minimum absolute atomic E-state index is 0.0184. The average Bonchev–Trinajstić information content (AvgIpc) is 2.66. The van der Waals surface area contributed by atoms with E-state index in [0.717, 1.165) is 10.0 Å². The van der Waals surface area contributed by atoms with E-state index in [1.54, 1.807) is 11.1 Å². The molecule has 0 bridgehead atoms. The van der Waals surface area contributed by atoms with Crippen molar-refractivity contribution in [1.82, 2.24) is 4.98 Å². The minimum atomic E-state index is -0.0420. The Morgan fingerprint density at radius 1 is 1.63 bits per heavy atom. The van der Waals surface area contributed by atoms with E-state index in [1.807, 2.05) is 6.92 Å². The molecule has 2 heterocycles. The van der Waals surface area contributed by atoms with Gasteiger partial charge in [0, 0.05) is 35.8 Å². The molecule has 0 spiro atoms. The second kappa shape index (κ2) is 5.50. The number of carbonyl (C=O) groups excluding carboxylic acids is 2. The highest BCUT2D eigenvalue weighted by Gasteiger charge is 2.33. The standard InChI is InChI=1S/C12H14BrN3O2S/c1-6-9(13)4-15-12(11(6)14)16-5-8(3-10(16)18)19-7(2)17/h4,8H,3,5,14H2,1-2H3. The van der Waals surface area contributed by atoms with E-state index in [2.05, 4.69) is 20.9 Å². The monoisotopic (exact) mass is 343 g/mol. The molecule has 1 fully saturated rings. The van der Waals surface area contributed by atoms with Gasteiger partial charge in [-0.25, -0.2) is 4.98 Å². The Bertz CT molecular complexity index is 550. The van der Waals surface area contributed by atoms with Crippen LogP contribution in [-0.2, 0) is 9.59 Å². The van der Waals surface area contributed by atoms with Crippen molar-refractivity contribution in [2.24, 2.45) is 0 Å². The first-order chi connectivity index (χ1) is 8.90. The van der Waals surface area contributed by atoms with Crippen molar-refractivity contribution in [3.05, 3.63) is 16.2 Å². The lowest BCUT2D eigenvalue weighted by molar-refractivity contribution is -0.117. The molecule has 1 unspecified atom stereocenters. The van der Waals surface area contributed by atoms with Crippen LogP contribution in [0.25, 0.3) is 0 Å². The van der Waals surface area contributed by atoms with Gasteiger partial charge >= 0.3 is 0 Å². The van der Waals surface area contributed by atoms with Gasteiger partial charge in [0.2, 0.25) is 5.91 Å². The largest absolute Gasteiger partial charge is 0.395 e. The van der Waals surface area contributed by atoms with Crippen LogP contribution in [0, 0.1) is 6.92 Å². The molecular weight excluding hydrogens is 330 g/mol. The third kappa shape index (κ3) is 2.92. The van der Waals surface area contributed by atoms with Crippen molar-refractivity contribution >= 4 is 50.2 Å². The first-order valence-electron chi connectivity index (χ1n) is 5.78. The number of halogens is 1. The van der Waals surface area contributed by atoms with Crippen LogP contribution in [0.1, 0.15) is 18.9 Å². The van der Waals surface area contributed by atoms with Crippen LogP contribution in [-0.4, -0.2) is 27.8 Å². The molecule has 0 aromatic carbocycles. The zero-order valence-electron chi connectivity index (χ0n) is 10.6. The van der Waals surface area contributed by atoms with E-state index in [1.165, 1.54) is 18.7 Å². The molecule has 0 saturated carbocycles. The van der Waals surface area contributed by atoms with Crippen LogP contribution in [0.15, 0.2) is 10.7 Å². The maximum Gasteiger partial charge on any atom is 0.229 e. The molecule has 1 aliphatic heterocycles. The lowest BCUT2D eigenvalue weighted by Crippen LogP contribution is -2.27. The molecule has 2 N–H and O–H groups in total. The van der Waals surface area contributed by atoms with E-state index in [4.69, 9.17) is 5.73 Å². The van der Waals surface area contributed by atoms with Gasteiger partial charge in [0.25, 0.3) is 0 Å². The Balaban J connectivity index is 2.26. The van der Waals surface area contributed by atoms with Crippen LogP contribution >= 0.6 is 27.7 Å². The summed E-state index contributed by atoms with van der Waals surface area (Å²) in [6, 6.07) is 0. The zero-order valence-corrected chi connectivity index (χ0v) is 13.0. The average molecular weight is 344 g/mol. The number of pyridine rings is 1. The predicted octanol–water partition coefficient (Wildman–Crippen LogP) is 2.12. The molecule has 0 aliphatic carbocycles. The smallest absolute Gasteiger partial charge is 0.229 e. The Kier molecular flexibility index (Phi) is 4.15. The van der Waals surface area contributed by atoms with Crippen molar-refractivity contribution in [2.45, 2.75) is 25.5 Å². The highest BCUT2D eigenvalue weighted by molar-refractivity contribution is 9.10. The van der Waals surface area contributed by atoms with Crippen molar-refractivity contribution in [3.8, 4) is 0 Å². The molecule has 1 aliphatic rings. The fourth-order valence-electron chi connectivity index (χ4n) is 1.99. The summed E-state index contributed by atoms with van der Waals surface area (Å²) >= 11 is 4.55. The fraction of sp³-hybridized carbons (Fsp3) is 0.417.